The Labute approximate surface area is 79.2 Å². The van der Waals surface area contributed by atoms with Crippen molar-refractivity contribution >= 4 is 0 Å². The summed E-state index contributed by atoms with van der Waals surface area (Å²) in [5.41, 5.74) is 1.32. The fourth-order valence-electron chi connectivity index (χ4n) is 2.09. The molecule has 0 saturated carbocycles. The molecule has 0 aliphatic carbocycles. The number of imidazole rings is 1. The average Bonchev–Trinajstić information content (AvgIpc) is 2.51. The van der Waals surface area contributed by atoms with Crippen molar-refractivity contribution in [3.63, 3.8) is 0 Å². The smallest absolute Gasteiger partial charge is 0.111 e. The first-order valence-corrected chi connectivity index (χ1v) is 5.02. The molecule has 0 amide bonds. The van der Waals surface area contributed by atoms with E-state index in [1.54, 1.807) is 0 Å². The van der Waals surface area contributed by atoms with E-state index in [0.717, 1.165) is 13.1 Å². The molecule has 0 radical (unpaired) electrons. The summed E-state index contributed by atoms with van der Waals surface area (Å²) in [7, 11) is 1.98. The van der Waals surface area contributed by atoms with E-state index in [0.29, 0.717) is 5.92 Å². The van der Waals surface area contributed by atoms with Crippen LogP contribution in [-0.2, 0) is 13.1 Å². The lowest BCUT2D eigenvalue weighted by Gasteiger charge is -2.21. The minimum Gasteiger partial charge on any atom is -0.331 e. The fraction of sp³-hybridized carbons (Fsp3) is 0.700. The molecule has 0 fully saturated rings. The molecule has 1 aliphatic rings. The van der Waals surface area contributed by atoms with Gasteiger partial charge in [0, 0.05) is 25.2 Å². The molecule has 1 aromatic rings. The van der Waals surface area contributed by atoms with Crippen LogP contribution in [0.3, 0.4) is 0 Å². The lowest BCUT2D eigenvalue weighted by atomic mass is 10.0. The maximum atomic E-state index is 4.48. The molecule has 0 bridgehead atoms. The van der Waals surface area contributed by atoms with Crippen LogP contribution < -0.4 is 5.32 Å². The molecule has 3 nitrogen and oxygen atoms in total. The van der Waals surface area contributed by atoms with Crippen molar-refractivity contribution in [3.05, 3.63) is 17.7 Å². The van der Waals surface area contributed by atoms with Gasteiger partial charge in [-0.15, -0.1) is 0 Å². The first kappa shape index (κ1) is 8.75. The van der Waals surface area contributed by atoms with Crippen LogP contribution in [-0.4, -0.2) is 16.6 Å². The molecule has 0 spiro atoms. The monoisotopic (exact) mass is 179 g/mol. The Morgan fingerprint density at radius 2 is 2.54 bits per heavy atom. The minimum atomic E-state index is 0.638. The Kier molecular flexibility index (Phi) is 2.36. The van der Waals surface area contributed by atoms with E-state index >= 15 is 0 Å². The second-order valence-corrected chi connectivity index (χ2v) is 3.83. The Balaban J connectivity index is 2.30. The molecule has 2 rings (SSSR count). The number of nitrogens with one attached hydrogen (secondary N) is 1. The van der Waals surface area contributed by atoms with Gasteiger partial charge in [0.25, 0.3) is 0 Å². The van der Waals surface area contributed by atoms with E-state index in [1.807, 2.05) is 13.2 Å². The molecule has 0 saturated heterocycles. The summed E-state index contributed by atoms with van der Waals surface area (Å²) < 4.78 is 2.37. The summed E-state index contributed by atoms with van der Waals surface area (Å²) in [6.07, 6.45) is 4.59. The number of rotatable bonds is 2. The van der Waals surface area contributed by atoms with Crippen LogP contribution in [0.2, 0.25) is 0 Å². The summed E-state index contributed by atoms with van der Waals surface area (Å²) in [5.74, 6) is 1.91. The van der Waals surface area contributed by atoms with E-state index in [2.05, 4.69) is 21.8 Å². The van der Waals surface area contributed by atoms with Crippen molar-refractivity contribution in [2.24, 2.45) is 0 Å². The average molecular weight is 179 g/mol. The Morgan fingerprint density at radius 1 is 1.69 bits per heavy atom. The Morgan fingerprint density at radius 3 is 3.31 bits per heavy atom. The molecule has 1 N–H and O–H groups in total. The van der Waals surface area contributed by atoms with Gasteiger partial charge >= 0.3 is 0 Å². The van der Waals surface area contributed by atoms with Crippen molar-refractivity contribution in [2.45, 2.75) is 38.8 Å². The summed E-state index contributed by atoms with van der Waals surface area (Å²) in [6.45, 7) is 4.34. The van der Waals surface area contributed by atoms with Crippen molar-refractivity contribution < 1.29 is 0 Å². The van der Waals surface area contributed by atoms with Crippen LogP contribution in [0, 0.1) is 0 Å². The zero-order valence-electron chi connectivity index (χ0n) is 8.38. The van der Waals surface area contributed by atoms with E-state index in [9.17, 15) is 0 Å². The Bertz CT molecular complexity index is 290. The topological polar surface area (TPSA) is 29.9 Å². The zero-order valence-corrected chi connectivity index (χ0v) is 8.38. The molecule has 72 valence electrons. The van der Waals surface area contributed by atoms with Crippen LogP contribution >= 0.6 is 0 Å². The van der Waals surface area contributed by atoms with E-state index in [1.165, 1.54) is 24.4 Å². The normalized spacial score (nSPS) is 21.5. The molecule has 1 aromatic heterocycles. The van der Waals surface area contributed by atoms with Crippen LogP contribution in [0.5, 0.6) is 0 Å². The fourth-order valence-corrected chi connectivity index (χ4v) is 2.09. The van der Waals surface area contributed by atoms with E-state index in [-0.39, 0.29) is 0 Å². The van der Waals surface area contributed by atoms with Gasteiger partial charge in [0.05, 0.1) is 5.69 Å². The third-order valence-electron chi connectivity index (χ3n) is 2.79. The highest BCUT2D eigenvalue weighted by molar-refractivity contribution is 5.10. The van der Waals surface area contributed by atoms with Gasteiger partial charge in [0.2, 0.25) is 0 Å². The predicted molar refractivity (Wildman–Crippen MR) is 52.6 cm³/mol. The van der Waals surface area contributed by atoms with E-state index < -0.39 is 0 Å². The summed E-state index contributed by atoms with van der Waals surface area (Å²) >= 11 is 0. The van der Waals surface area contributed by atoms with Crippen molar-refractivity contribution in [2.75, 3.05) is 7.05 Å². The molecule has 13 heavy (non-hydrogen) atoms. The SMILES string of the molecule is CNCc1cnc2n1CCCC2C. The van der Waals surface area contributed by atoms with Crippen LogP contribution in [0.15, 0.2) is 6.20 Å². The van der Waals surface area contributed by atoms with Gasteiger partial charge in [-0.3, -0.25) is 0 Å². The number of aromatic nitrogens is 2. The quantitative estimate of drug-likeness (QED) is 0.745. The first-order valence-electron chi connectivity index (χ1n) is 5.02. The van der Waals surface area contributed by atoms with Crippen molar-refractivity contribution in [3.8, 4) is 0 Å². The van der Waals surface area contributed by atoms with Crippen molar-refractivity contribution in [1.82, 2.24) is 14.9 Å². The standard InChI is InChI=1S/C10H17N3/c1-8-4-3-5-13-9(6-11-2)7-12-10(8)13/h7-8,11H,3-6H2,1-2H3. The van der Waals surface area contributed by atoms with Crippen LogP contribution in [0.25, 0.3) is 0 Å². The first-order chi connectivity index (χ1) is 6.33. The van der Waals surface area contributed by atoms with Gasteiger partial charge in [-0.25, -0.2) is 4.98 Å². The van der Waals surface area contributed by atoms with Gasteiger partial charge in [0.15, 0.2) is 0 Å². The number of fused-ring (bicyclic) bond motifs is 1. The van der Waals surface area contributed by atoms with Gasteiger partial charge in [-0.05, 0) is 19.9 Å². The van der Waals surface area contributed by atoms with Gasteiger partial charge in [-0.2, -0.15) is 0 Å². The Hall–Kier alpha value is -0.830. The largest absolute Gasteiger partial charge is 0.331 e. The second kappa shape index (κ2) is 3.50. The molecular weight excluding hydrogens is 162 g/mol. The number of hydrogen-bond donors (Lipinski definition) is 1. The number of nitrogens with zero attached hydrogens (tertiary/aromatic N) is 2. The highest BCUT2D eigenvalue weighted by Crippen LogP contribution is 2.26. The zero-order chi connectivity index (χ0) is 9.26. The molecule has 0 aromatic carbocycles. The highest BCUT2D eigenvalue weighted by Gasteiger charge is 2.19. The summed E-state index contributed by atoms with van der Waals surface area (Å²) in [5, 5.41) is 3.17. The lowest BCUT2D eigenvalue weighted by Crippen LogP contribution is -2.18. The third-order valence-corrected chi connectivity index (χ3v) is 2.79. The van der Waals surface area contributed by atoms with Gasteiger partial charge < -0.3 is 9.88 Å². The maximum Gasteiger partial charge on any atom is 0.111 e. The minimum absolute atomic E-state index is 0.638. The van der Waals surface area contributed by atoms with E-state index in [4.69, 9.17) is 0 Å². The maximum absolute atomic E-state index is 4.48. The van der Waals surface area contributed by atoms with Gasteiger partial charge in [-0.1, -0.05) is 6.92 Å². The third kappa shape index (κ3) is 1.48. The molecule has 3 heteroatoms. The number of hydrogen-bond acceptors (Lipinski definition) is 2. The second-order valence-electron chi connectivity index (χ2n) is 3.83. The molecule has 2 heterocycles. The van der Waals surface area contributed by atoms with Crippen LogP contribution in [0.4, 0.5) is 0 Å². The lowest BCUT2D eigenvalue weighted by molar-refractivity contribution is 0.451. The van der Waals surface area contributed by atoms with Crippen LogP contribution in [0.1, 0.15) is 37.2 Å². The molecule has 1 atom stereocenters. The van der Waals surface area contributed by atoms with Crippen molar-refractivity contribution in [1.29, 1.82) is 0 Å². The summed E-state index contributed by atoms with van der Waals surface area (Å²) in [4.78, 5) is 4.48. The molecule has 1 aliphatic heterocycles. The molecular formula is C10H17N3. The highest BCUT2D eigenvalue weighted by atomic mass is 15.1. The molecule has 1 unspecified atom stereocenters. The van der Waals surface area contributed by atoms with Gasteiger partial charge in [0.1, 0.15) is 5.82 Å². The predicted octanol–water partition coefficient (Wildman–Crippen LogP) is 1.50. The summed E-state index contributed by atoms with van der Waals surface area (Å²) in [6, 6.07) is 0.